The van der Waals surface area contributed by atoms with Gasteiger partial charge in [-0.1, -0.05) is 13.8 Å². The molecule has 1 aromatic heterocycles. The first-order chi connectivity index (χ1) is 13.8. The third kappa shape index (κ3) is 2.89. The minimum absolute atomic E-state index is 0.0925. The summed E-state index contributed by atoms with van der Waals surface area (Å²) in [7, 11) is 0. The summed E-state index contributed by atoms with van der Waals surface area (Å²) in [6.07, 6.45) is 14.7. The number of fused-ring (bicyclic) bond motifs is 5. The molecule has 4 heteroatoms. The molecule has 29 heavy (non-hydrogen) atoms. The van der Waals surface area contributed by atoms with Crippen molar-refractivity contribution in [3.8, 4) is 0 Å². The molecule has 0 bridgehead atoms. The summed E-state index contributed by atoms with van der Waals surface area (Å²) >= 11 is 0. The number of aliphatic hydroxyl groups is 1. The van der Waals surface area contributed by atoms with E-state index in [-0.39, 0.29) is 11.5 Å². The zero-order chi connectivity index (χ0) is 20.4. The van der Waals surface area contributed by atoms with Crippen molar-refractivity contribution >= 4 is 11.9 Å². The van der Waals surface area contributed by atoms with Crippen LogP contribution >= 0.6 is 0 Å². The lowest BCUT2D eigenvalue weighted by atomic mass is 9.45. The van der Waals surface area contributed by atoms with Crippen LogP contribution in [0.15, 0.2) is 18.0 Å². The molecule has 0 aliphatic heterocycles. The highest BCUT2D eigenvalue weighted by molar-refractivity contribution is 6.05. The molecule has 0 amide bonds. The van der Waals surface area contributed by atoms with Crippen LogP contribution in [0.4, 0.5) is 0 Å². The number of Topliss-reactive ketones (excluding diaryl/α,β-unsaturated/α-hetero) is 1. The fourth-order valence-electron chi connectivity index (χ4n) is 7.86. The maximum Gasteiger partial charge on any atom is 0.165 e. The molecular formula is C25H36N2O2. The lowest BCUT2D eigenvalue weighted by molar-refractivity contribution is -0.141. The topological polar surface area (TPSA) is 55.1 Å². The lowest BCUT2D eigenvalue weighted by Crippen LogP contribution is -2.54. The summed E-state index contributed by atoms with van der Waals surface area (Å²) in [5, 5.41) is 14.6. The van der Waals surface area contributed by atoms with Gasteiger partial charge in [0.05, 0.1) is 12.3 Å². The van der Waals surface area contributed by atoms with Crippen molar-refractivity contribution in [2.45, 2.75) is 84.8 Å². The average molecular weight is 397 g/mol. The third-order valence-electron chi connectivity index (χ3n) is 9.60. The van der Waals surface area contributed by atoms with Crippen molar-refractivity contribution in [1.29, 1.82) is 0 Å². The number of aryl methyl sites for hydroxylation is 1. The van der Waals surface area contributed by atoms with E-state index in [0.29, 0.717) is 29.0 Å². The Morgan fingerprint density at radius 1 is 1.21 bits per heavy atom. The van der Waals surface area contributed by atoms with Crippen molar-refractivity contribution < 1.29 is 9.90 Å². The minimum Gasteiger partial charge on any atom is -0.393 e. The van der Waals surface area contributed by atoms with Crippen LogP contribution in [-0.2, 0) is 11.3 Å². The number of allylic oxidation sites excluding steroid dienone is 1. The van der Waals surface area contributed by atoms with Gasteiger partial charge in [0.15, 0.2) is 5.78 Å². The smallest absolute Gasteiger partial charge is 0.165 e. The molecule has 7 unspecified atom stereocenters. The van der Waals surface area contributed by atoms with Gasteiger partial charge in [-0.3, -0.25) is 9.48 Å². The molecule has 4 aliphatic rings. The number of ketones is 1. The van der Waals surface area contributed by atoms with Crippen LogP contribution in [0.5, 0.6) is 0 Å². The maximum absolute atomic E-state index is 13.5. The Hall–Kier alpha value is -1.42. The normalized spacial score (nSPS) is 45.7. The van der Waals surface area contributed by atoms with Crippen LogP contribution in [-0.4, -0.2) is 26.8 Å². The standard InChI is InChI=1S/C25H36N2O2/c1-4-27-15-16(14-26-27)11-17-12-22-20-6-5-18-13-19(28)7-9-24(18,2)21(20)8-10-25(22,3)23(17)29/h11,14-15,18-22,28H,4-10,12-13H2,1-3H3/b17-11-. The Kier molecular flexibility index (Phi) is 4.58. The zero-order valence-corrected chi connectivity index (χ0v) is 18.2. The van der Waals surface area contributed by atoms with E-state index < -0.39 is 0 Å². The van der Waals surface area contributed by atoms with Crippen LogP contribution in [0.25, 0.3) is 6.08 Å². The van der Waals surface area contributed by atoms with E-state index in [9.17, 15) is 9.90 Å². The van der Waals surface area contributed by atoms with Gasteiger partial charge in [-0.15, -0.1) is 0 Å². The van der Waals surface area contributed by atoms with E-state index in [4.69, 9.17) is 0 Å². The molecule has 4 saturated carbocycles. The number of nitrogens with zero attached hydrogens (tertiary/aromatic N) is 2. The molecule has 0 saturated heterocycles. The van der Waals surface area contributed by atoms with Crippen molar-refractivity contribution in [2.75, 3.05) is 0 Å². The Balaban J connectivity index is 1.43. The molecule has 158 valence electrons. The highest BCUT2D eigenvalue weighted by Gasteiger charge is 2.61. The van der Waals surface area contributed by atoms with Gasteiger partial charge in [0.25, 0.3) is 0 Å². The Morgan fingerprint density at radius 3 is 2.79 bits per heavy atom. The van der Waals surface area contributed by atoms with E-state index in [0.717, 1.165) is 55.7 Å². The van der Waals surface area contributed by atoms with Gasteiger partial charge >= 0.3 is 0 Å². The van der Waals surface area contributed by atoms with Gasteiger partial charge in [-0.2, -0.15) is 5.10 Å². The first-order valence-corrected chi connectivity index (χ1v) is 11.8. The first-order valence-electron chi connectivity index (χ1n) is 11.8. The highest BCUT2D eigenvalue weighted by atomic mass is 16.3. The van der Waals surface area contributed by atoms with Crippen LogP contribution in [0.1, 0.15) is 77.7 Å². The van der Waals surface area contributed by atoms with Crippen molar-refractivity contribution in [3.05, 3.63) is 23.5 Å². The van der Waals surface area contributed by atoms with Gasteiger partial charge in [0.1, 0.15) is 0 Å². The maximum atomic E-state index is 13.5. The molecule has 4 aliphatic carbocycles. The quantitative estimate of drug-likeness (QED) is 0.726. The van der Waals surface area contributed by atoms with E-state index in [1.165, 1.54) is 19.3 Å². The first kappa shape index (κ1) is 19.5. The fraction of sp³-hybridized carbons (Fsp3) is 0.760. The van der Waals surface area contributed by atoms with Crippen molar-refractivity contribution in [2.24, 2.45) is 34.5 Å². The molecule has 0 aromatic carbocycles. The number of rotatable bonds is 2. The molecule has 5 rings (SSSR count). The summed E-state index contributed by atoms with van der Waals surface area (Å²) in [6, 6.07) is 0. The van der Waals surface area contributed by atoms with E-state index in [1.54, 1.807) is 0 Å². The van der Waals surface area contributed by atoms with E-state index in [2.05, 4.69) is 31.9 Å². The monoisotopic (exact) mass is 396 g/mol. The predicted molar refractivity (Wildman–Crippen MR) is 114 cm³/mol. The molecule has 4 nitrogen and oxygen atoms in total. The van der Waals surface area contributed by atoms with Crippen LogP contribution in [0.2, 0.25) is 0 Å². The summed E-state index contributed by atoms with van der Waals surface area (Å²) in [6.45, 7) is 7.71. The Morgan fingerprint density at radius 2 is 2.03 bits per heavy atom. The van der Waals surface area contributed by atoms with Gasteiger partial charge in [0, 0.05) is 23.7 Å². The fourth-order valence-corrected chi connectivity index (χ4v) is 7.86. The van der Waals surface area contributed by atoms with E-state index in [1.807, 2.05) is 17.1 Å². The SMILES string of the molecule is CCn1cc(/C=C2/CC3C4CCC5CC(O)CCC5(C)C4CCC3(C)C2=O)cn1. The average Bonchev–Trinajstić information content (AvgIpc) is 3.26. The molecule has 7 atom stereocenters. The third-order valence-corrected chi connectivity index (χ3v) is 9.60. The predicted octanol–water partition coefficient (Wildman–Crippen LogP) is 4.87. The molecule has 0 radical (unpaired) electrons. The molecule has 0 spiro atoms. The van der Waals surface area contributed by atoms with Gasteiger partial charge < -0.3 is 5.11 Å². The number of aromatic nitrogens is 2. The lowest BCUT2D eigenvalue weighted by Gasteiger charge is -2.59. The van der Waals surface area contributed by atoms with Crippen LogP contribution < -0.4 is 0 Å². The zero-order valence-electron chi connectivity index (χ0n) is 18.2. The second-order valence-corrected chi connectivity index (χ2v) is 10.9. The van der Waals surface area contributed by atoms with Crippen LogP contribution in [0, 0.1) is 34.5 Å². The number of hydrogen-bond donors (Lipinski definition) is 1. The number of carbonyl (C=O) groups excluding carboxylic acids is 1. The number of hydrogen-bond acceptors (Lipinski definition) is 3. The summed E-state index contributed by atoms with van der Waals surface area (Å²) in [5.74, 6) is 2.95. The van der Waals surface area contributed by atoms with Crippen molar-refractivity contribution in [1.82, 2.24) is 9.78 Å². The Bertz CT molecular complexity index is 842. The Labute approximate surface area is 174 Å². The summed E-state index contributed by atoms with van der Waals surface area (Å²) < 4.78 is 1.93. The van der Waals surface area contributed by atoms with Gasteiger partial charge in [-0.05, 0) is 99.0 Å². The second kappa shape index (κ2) is 6.80. The number of aliphatic hydroxyl groups excluding tert-OH is 1. The number of carbonyl (C=O) groups is 1. The minimum atomic E-state index is -0.175. The molecule has 1 N–H and O–H groups in total. The van der Waals surface area contributed by atoms with Gasteiger partial charge in [-0.25, -0.2) is 0 Å². The molecular weight excluding hydrogens is 360 g/mol. The van der Waals surface area contributed by atoms with Crippen molar-refractivity contribution in [3.63, 3.8) is 0 Å². The highest BCUT2D eigenvalue weighted by Crippen LogP contribution is 2.66. The summed E-state index contributed by atoms with van der Waals surface area (Å²) in [5.41, 5.74) is 2.28. The van der Waals surface area contributed by atoms with E-state index >= 15 is 0 Å². The second-order valence-electron chi connectivity index (χ2n) is 10.9. The molecule has 1 aromatic rings. The van der Waals surface area contributed by atoms with Crippen LogP contribution in [0.3, 0.4) is 0 Å². The largest absolute Gasteiger partial charge is 0.393 e. The molecule has 4 fully saturated rings. The molecule has 1 heterocycles. The summed E-state index contributed by atoms with van der Waals surface area (Å²) in [4.78, 5) is 13.5. The van der Waals surface area contributed by atoms with Gasteiger partial charge in [0.2, 0.25) is 0 Å².